The van der Waals surface area contributed by atoms with Gasteiger partial charge in [0.15, 0.2) is 0 Å². The summed E-state index contributed by atoms with van der Waals surface area (Å²) in [5, 5.41) is 3.37. The number of hydrogen-bond acceptors (Lipinski definition) is 1. The summed E-state index contributed by atoms with van der Waals surface area (Å²) in [6, 6.07) is 13.5. The molecule has 0 radical (unpaired) electrons. The summed E-state index contributed by atoms with van der Waals surface area (Å²) in [7, 11) is 0. The van der Waals surface area contributed by atoms with Crippen molar-refractivity contribution in [2.24, 2.45) is 0 Å². The fraction of sp³-hybridized carbons (Fsp3) is 0.294. The zero-order valence-corrected chi connectivity index (χ0v) is 13.4. The van der Waals surface area contributed by atoms with E-state index in [1.807, 2.05) is 13.0 Å². The van der Waals surface area contributed by atoms with Crippen molar-refractivity contribution >= 4 is 15.9 Å². The van der Waals surface area contributed by atoms with Gasteiger partial charge in [0.1, 0.15) is 5.82 Å². The molecule has 0 spiro atoms. The normalized spacial score (nSPS) is 12.4. The molecule has 0 bridgehead atoms. The van der Waals surface area contributed by atoms with Gasteiger partial charge in [0.25, 0.3) is 0 Å². The highest BCUT2D eigenvalue weighted by molar-refractivity contribution is 9.10. The molecule has 1 nitrogen and oxygen atoms in total. The third-order valence-electron chi connectivity index (χ3n) is 3.34. The summed E-state index contributed by atoms with van der Waals surface area (Å²) in [4.78, 5) is 0. The van der Waals surface area contributed by atoms with Gasteiger partial charge in [-0.15, -0.1) is 0 Å². The van der Waals surface area contributed by atoms with Gasteiger partial charge in [-0.3, -0.25) is 0 Å². The molecule has 2 aromatic rings. The van der Waals surface area contributed by atoms with E-state index in [0.29, 0.717) is 5.56 Å². The Bertz CT molecular complexity index is 566. The summed E-state index contributed by atoms with van der Waals surface area (Å²) in [5.41, 5.74) is 3.16. The summed E-state index contributed by atoms with van der Waals surface area (Å²) in [5.74, 6) is -0.161. The Balaban J connectivity index is 2.26. The summed E-state index contributed by atoms with van der Waals surface area (Å²) >= 11 is 3.42. The Morgan fingerprint density at radius 1 is 1.15 bits per heavy atom. The minimum Gasteiger partial charge on any atom is -0.310 e. The van der Waals surface area contributed by atoms with Crippen molar-refractivity contribution < 1.29 is 4.39 Å². The lowest BCUT2D eigenvalue weighted by Crippen LogP contribution is -2.24. The van der Waals surface area contributed by atoms with Crippen molar-refractivity contribution in [3.63, 3.8) is 0 Å². The maximum atomic E-state index is 14.0. The van der Waals surface area contributed by atoms with Gasteiger partial charge in [-0.25, -0.2) is 4.39 Å². The largest absolute Gasteiger partial charge is 0.310 e. The van der Waals surface area contributed by atoms with Crippen molar-refractivity contribution in [3.05, 3.63) is 69.4 Å². The van der Waals surface area contributed by atoms with Gasteiger partial charge in [-0.2, -0.15) is 0 Å². The Morgan fingerprint density at radius 2 is 1.85 bits per heavy atom. The van der Waals surface area contributed by atoms with Crippen LogP contribution in [0.4, 0.5) is 4.39 Å². The first-order valence-corrected chi connectivity index (χ1v) is 7.63. The van der Waals surface area contributed by atoms with Crippen molar-refractivity contribution in [1.29, 1.82) is 0 Å². The third-order valence-corrected chi connectivity index (χ3v) is 3.84. The maximum Gasteiger partial charge on any atom is 0.128 e. The van der Waals surface area contributed by atoms with Crippen molar-refractivity contribution in [2.75, 3.05) is 6.54 Å². The first-order chi connectivity index (χ1) is 9.60. The first kappa shape index (κ1) is 15.2. The van der Waals surface area contributed by atoms with Crippen molar-refractivity contribution in [2.45, 2.75) is 26.3 Å². The van der Waals surface area contributed by atoms with Gasteiger partial charge in [-0.1, -0.05) is 52.7 Å². The molecule has 0 aliphatic carbocycles. The minimum atomic E-state index is -0.161. The molecule has 2 aromatic carbocycles. The SMILES string of the molecule is CCNC(Cc1ccc(C)cc1)c1cc(Br)ccc1F. The quantitative estimate of drug-likeness (QED) is 0.828. The lowest BCUT2D eigenvalue weighted by atomic mass is 9.98. The number of rotatable bonds is 5. The Kier molecular flexibility index (Phi) is 5.32. The van der Waals surface area contributed by atoms with Gasteiger partial charge in [0.2, 0.25) is 0 Å². The van der Waals surface area contributed by atoms with Crippen LogP contribution in [-0.4, -0.2) is 6.54 Å². The molecule has 1 N–H and O–H groups in total. The molecule has 0 heterocycles. The van der Waals surface area contributed by atoms with E-state index in [-0.39, 0.29) is 11.9 Å². The molecule has 20 heavy (non-hydrogen) atoms. The summed E-state index contributed by atoms with van der Waals surface area (Å²) in [6.07, 6.45) is 0.779. The predicted octanol–water partition coefficient (Wildman–Crippen LogP) is 4.79. The van der Waals surface area contributed by atoms with Crippen LogP contribution in [0.3, 0.4) is 0 Å². The van der Waals surface area contributed by atoms with Crippen LogP contribution >= 0.6 is 15.9 Å². The monoisotopic (exact) mass is 335 g/mol. The van der Waals surface area contributed by atoms with Crippen LogP contribution in [0.25, 0.3) is 0 Å². The average molecular weight is 336 g/mol. The zero-order valence-electron chi connectivity index (χ0n) is 11.8. The van der Waals surface area contributed by atoms with E-state index in [0.717, 1.165) is 17.4 Å². The van der Waals surface area contributed by atoms with Crippen LogP contribution in [0, 0.1) is 12.7 Å². The summed E-state index contributed by atoms with van der Waals surface area (Å²) < 4.78 is 15.0. The van der Waals surface area contributed by atoms with E-state index in [1.54, 1.807) is 6.07 Å². The van der Waals surface area contributed by atoms with E-state index in [9.17, 15) is 4.39 Å². The molecule has 0 aliphatic rings. The molecule has 1 atom stereocenters. The van der Waals surface area contributed by atoms with Crippen LogP contribution in [0.15, 0.2) is 46.9 Å². The van der Waals surface area contributed by atoms with E-state index >= 15 is 0 Å². The van der Waals surface area contributed by atoms with Gasteiger partial charge < -0.3 is 5.32 Å². The van der Waals surface area contributed by atoms with E-state index < -0.39 is 0 Å². The van der Waals surface area contributed by atoms with Gasteiger partial charge in [-0.05, 0) is 43.7 Å². The molecule has 0 saturated heterocycles. The van der Waals surface area contributed by atoms with Gasteiger partial charge in [0.05, 0.1) is 0 Å². The number of likely N-dealkylation sites (N-methyl/N-ethyl adjacent to an activating group) is 1. The highest BCUT2D eigenvalue weighted by atomic mass is 79.9. The Hall–Kier alpha value is -1.19. The third kappa shape index (κ3) is 3.90. The highest BCUT2D eigenvalue weighted by Crippen LogP contribution is 2.25. The fourth-order valence-electron chi connectivity index (χ4n) is 2.28. The number of aryl methyl sites for hydroxylation is 1. The van der Waals surface area contributed by atoms with Gasteiger partial charge >= 0.3 is 0 Å². The van der Waals surface area contributed by atoms with Crippen molar-refractivity contribution in [3.8, 4) is 0 Å². The molecule has 1 unspecified atom stereocenters. The van der Waals surface area contributed by atoms with Crippen LogP contribution in [-0.2, 0) is 6.42 Å². The second kappa shape index (κ2) is 7.00. The minimum absolute atomic E-state index is 0.0137. The maximum absolute atomic E-state index is 14.0. The number of benzene rings is 2. The molecule has 0 fully saturated rings. The molecular weight excluding hydrogens is 317 g/mol. The standard InChI is InChI=1S/C17H19BrFN/c1-3-20-17(10-13-6-4-12(2)5-7-13)15-11-14(18)8-9-16(15)19/h4-9,11,17,20H,3,10H2,1-2H3. The number of nitrogens with one attached hydrogen (secondary N) is 1. The lowest BCUT2D eigenvalue weighted by Gasteiger charge is -2.19. The molecule has 3 heteroatoms. The topological polar surface area (TPSA) is 12.0 Å². The van der Waals surface area contributed by atoms with E-state index in [4.69, 9.17) is 0 Å². The second-order valence-corrected chi connectivity index (χ2v) is 5.88. The van der Waals surface area contributed by atoms with Crippen LogP contribution < -0.4 is 5.32 Å². The van der Waals surface area contributed by atoms with Crippen LogP contribution in [0.1, 0.15) is 29.7 Å². The lowest BCUT2D eigenvalue weighted by molar-refractivity contribution is 0.509. The summed E-state index contributed by atoms with van der Waals surface area (Å²) in [6.45, 7) is 4.92. The number of halogens is 2. The molecule has 0 aromatic heterocycles. The van der Waals surface area contributed by atoms with Crippen LogP contribution in [0.2, 0.25) is 0 Å². The van der Waals surface area contributed by atoms with Gasteiger partial charge in [0, 0.05) is 16.1 Å². The molecule has 0 aliphatic heterocycles. The Labute approximate surface area is 128 Å². The molecule has 2 rings (SSSR count). The molecule has 106 valence electrons. The number of hydrogen-bond donors (Lipinski definition) is 1. The highest BCUT2D eigenvalue weighted by Gasteiger charge is 2.15. The van der Waals surface area contributed by atoms with Crippen molar-refractivity contribution in [1.82, 2.24) is 5.32 Å². The Morgan fingerprint density at radius 3 is 2.50 bits per heavy atom. The van der Waals surface area contributed by atoms with E-state index in [1.165, 1.54) is 17.2 Å². The molecule has 0 amide bonds. The smallest absolute Gasteiger partial charge is 0.128 e. The predicted molar refractivity (Wildman–Crippen MR) is 85.4 cm³/mol. The molecule has 0 saturated carbocycles. The fourth-order valence-corrected chi connectivity index (χ4v) is 2.66. The average Bonchev–Trinajstić information content (AvgIpc) is 2.43. The van der Waals surface area contributed by atoms with Crippen LogP contribution in [0.5, 0.6) is 0 Å². The molecular formula is C17H19BrFN. The second-order valence-electron chi connectivity index (χ2n) is 4.97. The zero-order chi connectivity index (χ0) is 14.5. The van der Waals surface area contributed by atoms with E-state index in [2.05, 4.69) is 52.4 Å². The first-order valence-electron chi connectivity index (χ1n) is 6.84.